The fourth-order valence-electron chi connectivity index (χ4n) is 4.05. The van der Waals surface area contributed by atoms with Crippen LogP contribution in [-0.2, 0) is 14.3 Å². The minimum Gasteiger partial charge on any atom is -0.507 e. The van der Waals surface area contributed by atoms with E-state index < -0.39 is 23.5 Å². The normalized spacial score (nSPS) is 21.6. The van der Waals surface area contributed by atoms with Gasteiger partial charge in [-0.15, -0.1) is 0 Å². The molecule has 7 nitrogen and oxygen atoms in total. The van der Waals surface area contributed by atoms with Crippen LogP contribution in [-0.4, -0.2) is 71.0 Å². The van der Waals surface area contributed by atoms with E-state index in [1.165, 1.54) is 29.2 Å². The summed E-state index contributed by atoms with van der Waals surface area (Å²) in [5.41, 5.74) is 0.911. The molecule has 1 amide bonds. The Morgan fingerprint density at radius 2 is 1.87 bits per heavy atom. The SMILES string of the molecule is O=C1C(=O)N(CCCN2CCOCC2)[C@@H](c2cccnc2)/C1=C(\O)c1ccc(F)cc1. The maximum atomic E-state index is 13.3. The van der Waals surface area contributed by atoms with Gasteiger partial charge in [-0.1, -0.05) is 6.07 Å². The molecule has 0 unspecified atom stereocenters. The number of aliphatic hydroxyl groups is 1. The number of hydrogen-bond donors (Lipinski definition) is 1. The number of pyridine rings is 1. The number of morpholine rings is 1. The van der Waals surface area contributed by atoms with Gasteiger partial charge in [0, 0.05) is 44.1 Å². The van der Waals surface area contributed by atoms with Crippen molar-refractivity contribution in [3.05, 3.63) is 71.3 Å². The molecule has 2 aliphatic heterocycles. The van der Waals surface area contributed by atoms with E-state index in [1.807, 2.05) is 0 Å². The molecule has 1 N–H and O–H groups in total. The lowest BCUT2D eigenvalue weighted by Gasteiger charge is -2.29. The molecule has 1 aromatic heterocycles. The third-order valence-corrected chi connectivity index (χ3v) is 5.63. The van der Waals surface area contributed by atoms with Gasteiger partial charge in [0.1, 0.15) is 11.6 Å². The highest BCUT2D eigenvalue weighted by atomic mass is 19.1. The molecule has 2 saturated heterocycles. The lowest BCUT2D eigenvalue weighted by molar-refractivity contribution is -0.140. The van der Waals surface area contributed by atoms with E-state index in [9.17, 15) is 19.1 Å². The molecule has 0 spiro atoms. The van der Waals surface area contributed by atoms with Crippen LogP contribution in [0.15, 0.2) is 54.4 Å². The molecule has 2 aromatic rings. The Bertz CT molecular complexity index is 972. The number of carbonyl (C=O) groups is 2. The lowest BCUT2D eigenvalue weighted by atomic mass is 9.96. The number of Topliss-reactive ketones (excluding diaryl/α,β-unsaturated/α-hetero) is 1. The molecule has 4 rings (SSSR count). The van der Waals surface area contributed by atoms with Crippen LogP contribution in [0.4, 0.5) is 4.39 Å². The number of ether oxygens (including phenoxy) is 1. The van der Waals surface area contributed by atoms with E-state index in [-0.39, 0.29) is 16.9 Å². The van der Waals surface area contributed by atoms with Crippen molar-refractivity contribution >= 4 is 17.4 Å². The Morgan fingerprint density at radius 1 is 1.13 bits per heavy atom. The standard InChI is InChI=1S/C23H24FN3O4/c24-18-6-4-16(5-7-18)21(28)19-20(17-3-1-8-25-15-17)27(23(30)22(19)29)10-2-9-26-11-13-31-14-12-26/h1,3-8,15,20,28H,2,9-14H2/b21-19+/t20-/m0/s1. The number of carbonyl (C=O) groups excluding carboxylic acids is 2. The molecule has 1 atom stereocenters. The van der Waals surface area contributed by atoms with E-state index in [0.717, 1.165) is 19.6 Å². The Balaban J connectivity index is 1.64. The number of hydrogen-bond acceptors (Lipinski definition) is 6. The van der Waals surface area contributed by atoms with Gasteiger partial charge in [-0.2, -0.15) is 0 Å². The smallest absolute Gasteiger partial charge is 0.295 e. The third-order valence-electron chi connectivity index (χ3n) is 5.63. The summed E-state index contributed by atoms with van der Waals surface area (Å²) in [6.07, 6.45) is 3.87. The zero-order valence-electron chi connectivity index (χ0n) is 17.0. The molecule has 8 heteroatoms. The predicted molar refractivity (Wildman–Crippen MR) is 112 cm³/mol. The fraction of sp³-hybridized carbons (Fsp3) is 0.348. The van der Waals surface area contributed by atoms with Crippen molar-refractivity contribution in [3.8, 4) is 0 Å². The summed E-state index contributed by atoms with van der Waals surface area (Å²) in [5, 5.41) is 10.9. The van der Waals surface area contributed by atoms with Gasteiger partial charge in [0.25, 0.3) is 11.7 Å². The molecule has 162 valence electrons. The summed E-state index contributed by atoms with van der Waals surface area (Å²) in [4.78, 5) is 33.7. The van der Waals surface area contributed by atoms with Gasteiger partial charge in [0.15, 0.2) is 0 Å². The molecule has 0 radical (unpaired) electrons. The van der Waals surface area contributed by atoms with E-state index in [2.05, 4.69) is 9.88 Å². The van der Waals surface area contributed by atoms with Gasteiger partial charge < -0.3 is 14.7 Å². The molecule has 0 saturated carbocycles. The van der Waals surface area contributed by atoms with E-state index >= 15 is 0 Å². The fourth-order valence-corrected chi connectivity index (χ4v) is 4.05. The van der Waals surface area contributed by atoms with Gasteiger partial charge in [-0.05, 0) is 42.3 Å². The summed E-state index contributed by atoms with van der Waals surface area (Å²) >= 11 is 0. The van der Waals surface area contributed by atoms with E-state index in [1.54, 1.807) is 24.5 Å². The molecular weight excluding hydrogens is 401 g/mol. The van der Waals surface area contributed by atoms with Crippen molar-refractivity contribution in [2.75, 3.05) is 39.4 Å². The maximum absolute atomic E-state index is 13.3. The van der Waals surface area contributed by atoms with Crippen LogP contribution < -0.4 is 0 Å². The molecule has 3 heterocycles. The second kappa shape index (κ2) is 9.36. The Kier molecular flexibility index (Phi) is 6.39. The average molecular weight is 425 g/mol. The molecule has 2 aliphatic rings. The number of benzene rings is 1. The summed E-state index contributed by atoms with van der Waals surface area (Å²) in [5.74, 6) is -2.17. The maximum Gasteiger partial charge on any atom is 0.295 e. The third kappa shape index (κ3) is 4.50. The topological polar surface area (TPSA) is 83.0 Å². The van der Waals surface area contributed by atoms with Crippen molar-refractivity contribution in [1.29, 1.82) is 0 Å². The van der Waals surface area contributed by atoms with Gasteiger partial charge in [-0.3, -0.25) is 19.5 Å². The molecule has 0 bridgehead atoms. The van der Waals surface area contributed by atoms with Crippen molar-refractivity contribution < 1.29 is 23.8 Å². The molecule has 0 aliphatic carbocycles. The van der Waals surface area contributed by atoms with Gasteiger partial charge in [-0.25, -0.2) is 4.39 Å². The minimum absolute atomic E-state index is 0.00372. The second-order valence-corrected chi connectivity index (χ2v) is 7.59. The largest absolute Gasteiger partial charge is 0.507 e. The van der Waals surface area contributed by atoms with Crippen LogP contribution in [0.1, 0.15) is 23.6 Å². The van der Waals surface area contributed by atoms with Gasteiger partial charge >= 0.3 is 0 Å². The lowest BCUT2D eigenvalue weighted by Crippen LogP contribution is -2.39. The summed E-state index contributed by atoms with van der Waals surface area (Å²) in [7, 11) is 0. The highest BCUT2D eigenvalue weighted by molar-refractivity contribution is 6.46. The van der Waals surface area contributed by atoms with Crippen LogP contribution in [0, 0.1) is 5.82 Å². The molecular formula is C23H24FN3O4. The van der Waals surface area contributed by atoms with Gasteiger partial charge in [0.2, 0.25) is 0 Å². The number of aromatic nitrogens is 1. The molecule has 31 heavy (non-hydrogen) atoms. The van der Waals surface area contributed by atoms with Crippen LogP contribution in [0.3, 0.4) is 0 Å². The first-order valence-electron chi connectivity index (χ1n) is 10.3. The van der Waals surface area contributed by atoms with E-state index in [0.29, 0.717) is 31.7 Å². The van der Waals surface area contributed by atoms with Crippen molar-refractivity contribution in [1.82, 2.24) is 14.8 Å². The predicted octanol–water partition coefficient (Wildman–Crippen LogP) is 2.36. The zero-order valence-corrected chi connectivity index (χ0v) is 17.0. The van der Waals surface area contributed by atoms with Crippen molar-refractivity contribution in [2.24, 2.45) is 0 Å². The number of amides is 1. The Hall–Kier alpha value is -3.10. The first kappa shape index (κ1) is 21.1. The first-order valence-corrected chi connectivity index (χ1v) is 10.3. The summed E-state index contributed by atoms with van der Waals surface area (Å²) < 4.78 is 18.7. The number of halogens is 1. The van der Waals surface area contributed by atoms with Crippen LogP contribution in [0.2, 0.25) is 0 Å². The molecule has 1 aromatic carbocycles. The first-order chi connectivity index (χ1) is 15.1. The summed E-state index contributed by atoms with van der Waals surface area (Å²) in [6.45, 7) is 4.21. The number of nitrogens with zero attached hydrogens (tertiary/aromatic N) is 3. The second-order valence-electron chi connectivity index (χ2n) is 7.59. The van der Waals surface area contributed by atoms with Crippen LogP contribution in [0.5, 0.6) is 0 Å². The van der Waals surface area contributed by atoms with Crippen LogP contribution in [0.25, 0.3) is 5.76 Å². The highest BCUT2D eigenvalue weighted by Crippen LogP contribution is 2.39. The number of likely N-dealkylation sites (tertiary alicyclic amines) is 1. The monoisotopic (exact) mass is 425 g/mol. The van der Waals surface area contributed by atoms with Crippen LogP contribution >= 0.6 is 0 Å². The molecule has 2 fully saturated rings. The summed E-state index contributed by atoms with van der Waals surface area (Å²) in [6, 6.07) is 7.92. The van der Waals surface area contributed by atoms with E-state index in [4.69, 9.17) is 4.74 Å². The van der Waals surface area contributed by atoms with Crippen molar-refractivity contribution in [3.63, 3.8) is 0 Å². The minimum atomic E-state index is -0.748. The highest BCUT2D eigenvalue weighted by Gasteiger charge is 2.45. The number of ketones is 1. The quantitative estimate of drug-likeness (QED) is 0.435. The average Bonchev–Trinajstić information content (AvgIpc) is 3.05. The number of aliphatic hydroxyl groups excluding tert-OH is 1. The van der Waals surface area contributed by atoms with Crippen molar-refractivity contribution in [2.45, 2.75) is 12.5 Å². The van der Waals surface area contributed by atoms with Gasteiger partial charge in [0.05, 0.1) is 24.8 Å². The Morgan fingerprint density at radius 3 is 2.55 bits per heavy atom. The Labute approximate surface area is 179 Å². The zero-order chi connectivity index (χ0) is 21.8. The number of rotatable bonds is 6.